The molecule has 0 amide bonds. The van der Waals surface area contributed by atoms with Crippen molar-refractivity contribution < 1.29 is 9.21 Å². The third-order valence-corrected chi connectivity index (χ3v) is 3.95. The third kappa shape index (κ3) is 2.35. The van der Waals surface area contributed by atoms with Gasteiger partial charge in [-0.15, -0.1) is 0 Å². The second-order valence-electron chi connectivity index (χ2n) is 5.27. The van der Waals surface area contributed by atoms with Gasteiger partial charge < -0.3 is 9.32 Å². The van der Waals surface area contributed by atoms with Crippen LogP contribution in [-0.2, 0) is 4.79 Å². The highest BCUT2D eigenvalue weighted by Crippen LogP contribution is 2.27. The molecule has 4 heteroatoms. The van der Waals surface area contributed by atoms with Gasteiger partial charge >= 0.3 is 0 Å². The van der Waals surface area contributed by atoms with Crippen molar-refractivity contribution in [2.75, 3.05) is 11.9 Å². The minimum Gasteiger partial charge on any atom is -0.441 e. The molecule has 1 aliphatic carbocycles. The molecule has 1 saturated carbocycles. The van der Waals surface area contributed by atoms with E-state index in [2.05, 4.69) is 23.0 Å². The standard InChI is InChI=1S/C15H18N2O2/c1-10-16-14-8-5-12(9-15(14)19-10)17(2)11-3-6-13(18)7-4-11/h5,8-9,11H,3-4,6-7H2,1-2H3. The number of aromatic nitrogens is 1. The van der Waals surface area contributed by atoms with Gasteiger partial charge in [0, 0.05) is 44.6 Å². The van der Waals surface area contributed by atoms with Crippen LogP contribution in [0.1, 0.15) is 31.6 Å². The average molecular weight is 258 g/mol. The lowest BCUT2D eigenvalue weighted by Gasteiger charge is -2.32. The number of carbonyl (C=O) groups excluding carboxylic acids is 1. The van der Waals surface area contributed by atoms with E-state index in [1.807, 2.05) is 19.1 Å². The van der Waals surface area contributed by atoms with Crippen molar-refractivity contribution in [1.29, 1.82) is 0 Å². The predicted molar refractivity (Wildman–Crippen MR) is 74.4 cm³/mol. The molecule has 1 aromatic carbocycles. The van der Waals surface area contributed by atoms with Crippen LogP contribution in [0.25, 0.3) is 11.1 Å². The average Bonchev–Trinajstić information content (AvgIpc) is 2.77. The molecule has 19 heavy (non-hydrogen) atoms. The molecule has 4 nitrogen and oxygen atoms in total. The lowest BCUT2D eigenvalue weighted by molar-refractivity contribution is -0.120. The van der Waals surface area contributed by atoms with Crippen LogP contribution in [0, 0.1) is 6.92 Å². The first-order valence-corrected chi connectivity index (χ1v) is 6.75. The highest BCUT2D eigenvalue weighted by atomic mass is 16.3. The summed E-state index contributed by atoms with van der Waals surface area (Å²) in [4.78, 5) is 17.9. The van der Waals surface area contributed by atoms with Gasteiger partial charge in [-0.1, -0.05) is 0 Å². The Balaban J connectivity index is 1.84. The number of oxazole rings is 1. The number of fused-ring (bicyclic) bond motifs is 1. The Bertz CT molecular complexity index is 608. The number of hydrogen-bond acceptors (Lipinski definition) is 4. The van der Waals surface area contributed by atoms with Gasteiger partial charge in [0.25, 0.3) is 0 Å². The Hall–Kier alpha value is -1.84. The molecule has 1 fully saturated rings. The summed E-state index contributed by atoms with van der Waals surface area (Å²) in [6, 6.07) is 6.54. The zero-order valence-corrected chi connectivity index (χ0v) is 11.3. The quantitative estimate of drug-likeness (QED) is 0.830. The van der Waals surface area contributed by atoms with Gasteiger partial charge in [0.05, 0.1) is 0 Å². The maximum atomic E-state index is 11.3. The van der Waals surface area contributed by atoms with Crippen molar-refractivity contribution in [3.8, 4) is 0 Å². The van der Waals surface area contributed by atoms with E-state index in [0.717, 1.165) is 29.6 Å². The Morgan fingerprint density at radius 2 is 2.05 bits per heavy atom. The highest BCUT2D eigenvalue weighted by molar-refractivity contribution is 5.80. The molecule has 1 aliphatic rings. The molecule has 0 spiro atoms. The van der Waals surface area contributed by atoms with E-state index in [0.29, 0.717) is 30.6 Å². The van der Waals surface area contributed by atoms with Crippen molar-refractivity contribution in [2.24, 2.45) is 0 Å². The van der Waals surface area contributed by atoms with E-state index in [1.165, 1.54) is 0 Å². The Kier molecular flexibility index (Phi) is 3.01. The fourth-order valence-electron chi connectivity index (χ4n) is 2.77. The summed E-state index contributed by atoms with van der Waals surface area (Å²) in [6.07, 6.45) is 3.31. The summed E-state index contributed by atoms with van der Waals surface area (Å²) in [6.45, 7) is 1.86. The fraction of sp³-hybridized carbons (Fsp3) is 0.467. The van der Waals surface area contributed by atoms with E-state index >= 15 is 0 Å². The summed E-state index contributed by atoms with van der Waals surface area (Å²) in [5.74, 6) is 1.09. The fourth-order valence-corrected chi connectivity index (χ4v) is 2.77. The van der Waals surface area contributed by atoms with Crippen molar-refractivity contribution in [3.05, 3.63) is 24.1 Å². The molecule has 3 rings (SSSR count). The van der Waals surface area contributed by atoms with Gasteiger partial charge in [-0.3, -0.25) is 4.79 Å². The van der Waals surface area contributed by atoms with Gasteiger partial charge in [0.15, 0.2) is 11.5 Å². The van der Waals surface area contributed by atoms with Gasteiger partial charge in [-0.25, -0.2) is 4.98 Å². The number of aryl methyl sites for hydroxylation is 1. The lowest BCUT2D eigenvalue weighted by Crippen LogP contribution is -2.35. The summed E-state index contributed by atoms with van der Waals surface area (Å²) in [7, 11) is 2.09. The molecule has 0 atom stereocenters. The zero-order valence-electron chi connectivity index (χ0n) is 11.3. The number of Topliss-reactive ketones (excluding diaryl/α,β-unsaturated/α-hetero) is 1. The third-order valence-electron chi connectivity index (χ3n) is 3.95. The minimum atomic E-state index is 0.394. The molecular formula is C15H18N2O2. The van der Waals surface area contributed by atoms with Gasteiger partial charge in [0.2, 0.25) is 0 Å². The van der Waals surface area contributed by atoms with Crippen LogP contribution in [0.4, 0.5) is 5.69 Å². The second-order valence-corrected chi connectivity index (χ2v) is 5.27. The van der Waals surface area contributed by atoms with E-state index in [1.54, 1.807) is 0 Å². The van der Waals surface area contributed by atoms with E-state index in [9.17, 15) is 4.79 Å². The van der Waals surface area contributed by atoms with Crippen LogP contribution in [0.5, 0.6) is 0 Å². The maximum absolute atomic E-state index is 11.3. The first-order chi connectivity index (χ1) is 9.13. The molecule has 2 aromatic rings. The second kappa shape index (κ2) is 4.68. The summed E-state index contributed by atoms with van der Waals surface area (Å²) in [5.41, 5.74) is 2.85. The molecule has 1 aromatic heterocycles. The molecule has 0 radical (unpaired) electrons. The first-order valence-electron chi connectivity index (χ1n) is 6.75. The molecule has 0 bridgehead atoms. The predicted octanol–water partition coefficient (Wildman–Crippen LogP) is 3.08. The van der Waals surface area contributed by atoms with Crippen LogP contribution in [-0.4, -0.2) is 23.9 Å². The van der Waals surface area contributed by atoms with Crippen molar-refractivity contribution in [3.63, 3.8) is 0 Å². The molecule has 0 aliphatic heterocycles. The number of hydrogen-bond donors (Lipinski definition) is 0. The van der Waals surface area contributed by atoms with Crippen LogP contribution in [0.15, 0.2) is 22.6 Å². The van der Waals surface area contributed by atoms with Crippen LogP contribution in [0.3, 0.4) is 0 Å². The molecule has 1 heterocycles. The van der Waals surface area contributed by atoms with Gasteiger partial charge in [-0.05, 0) is 25.0 Å². The smallest absolute Gasteiger partial charge is 0.192 e. The van der Waals surface area contributed by atoms with Crippen molar-refractivity contribution in [2.45, 2.75) is 38.6 Å². The van der Waals surface area contributed by atoms with Crippen LogP contribution in [0.2, 0.25) is 0 Å². The molecule has 0 saturated heterocycles. The Morgan fingerprint density at radius 1 is 1.32 bits per heavy atom. The molecule has 0 N–H and O–H groups in total. The number of ketones is 1. The normalized spacial score (nSPS) is 17.1. The Morgan fingerprint density at radius 3 is 2.79 bits per heavy atom. The Labute approximate surface area is 112 Å². The maximum Gasteiger partial charge on any atom is 0.192 e. The monoisotopic (exact) mass is 258 g/mol. The SMILES string of the molecule is Cc1nc2ccc(N(C)C3CCC(=O)CC3)cc2o1. The largest absolute Gasteiger partial charge is 0.441 e. The van der Waals surface area contributed by atoms with Crippen molar-refractivity contribution >= 4 is 22.6 Å². The molecule has 100 valence electrons. The number of rotatable bonds is 2. The first kappa shape index (κ1) is 12.2. The van der Waals surface area contributed by atoms with E-state index in [4.69, 9.17) is 4.42 Å². The van der Waals surface area contributed by atoms with Gasteiger partial charge in [0.1, 0.15) is 11.3 Å². The summed E-state index contributed by atoms with van der Waals surface area (Å²) in [5, 5.41) is 0. The number of anilines is 1. The lowest BCUT2D eigenvalue weighted by atomic mass is 9.93. The highest BCUT2D eigenvalue weighted by Gasteiger charge is 2.22. The van der Waals surface area contributed by atoms with Crippen LogP contribution < -0.4 is 4.90 Å². The molecular weight excluding hydrogens is 240 g/mol. The molecule has 0 unspecified atom stereocenters. The minimum absolute atomic E-state index is 0.394. The summed E-state index contributed by atoms with van der Waals surface area (Å²) < 4.78 is 5.57. The topological polar surface area (TPSA) is 46.3 Å². The van der Waals surface area contributed by atoms with E-state index < -0.39 is 0 Å². The number of nitrogens with zero attached hydrogens (tertiary/aromatic N) is 2. The van der Waals surface area contributed by atoms with Crippen LogP contribution >= 0.6 is 0 Å². The summed E-state index contributed by atoms with van der Waals surface area (Å²) >= 11 is 0. The number of benzene rings is 1. The van der Waals surface area contributed by atoms with Gasteiger partial charge in [-0.2, -0.15) is 0 Å². The zero-order chi connectivity index (χ0) is 13.4. The van der Waals surface area contributed by atoms with E-state index in [-0.39, 0.29) is 0 Å². The number of carbonyl (C=O) groups is 1. The van der Waals surface area contributed by atoms with Crippen molar-refractivity contribution in [1.82, 2.24) is 4.98 Å².